The zero-order chi connectivity index (χ0) is 15.7. The fraction of sp³-hybridized carbons (Fsp3) is 0.267. The second kappa shape index (κ2) is 6.26. The lowest BCUT2D eigenvalue weighted by Crippen LogP contribution is -2.27. The van der Waals surface area contributed by atoms with Crippen molar-refractivity contribution >= 4 is 46.1 Å². The van der Waals surface area contributed by atoms with Crippen molar-refractivity contribution in [3.63, 3.8) is 0 Å². The average Bonchev–Trinajstić information content (AvgIpc) is 2.72. The first-order chi connectivity index (χ1) is 9.79. The van der Waals surface area contributed by atoms with E-state index in [9.17, 15) is 4.79 Å². The molecule has 2 rings (SSSR count). The van der Waals surface area contributed by atoms with Crippen molar-refractivity contribution in [2.75, 3.05) is 5.73 Å². The Labute approximate surface area is 138 Å². The molecule has 0 aliphatic carbocycles. The maximum atomic E-state index is 12.4. The van der Waals surface area contributed by atoms with Gasteiger partial charge in [-0.15, -0.1) is 11.3 Å². The summed E-state index contributed by atoms with van der Waals surface area (Å²) in [5.41, 5.74) is 7.52. The van der Waals surface area contributed by atoms with E-state index in [2.05, 4.69) is 11.4 Å². The second-order valence-corrected chi connectivity index (χ2v) is 7.17. The van der Waals surface area contributed by atoms with Gasteiger partial charge < -0.3 is 11.1 Å². The summed E-state index contributed by atoms with van der Waals surface area (Å²) in [7, 11) is 0. The number of hydrogen-bond donors (Lipinski definition) is 2. The highest BCUT2D eigenvalue weighted by Crippen LogP contribution is 2.30. The van der Waals surface area contributed by atoms with Crippen LogP contribution < -0.4 is 11.1 Å². The summed E-state index contributed by atoms with van der Waals surface area (Å²) >= 11 is 13.7. The van der Waals surface area contributed by atoms with Crippen LogP contribution in [0, 0.1) is 13.8 Å². The number of nitrogens with one attached hydrogen (secondary N) is 1. The standard InChI is InChI=1S/C15H16Cl2N2OS/c1-7-4-11(9(3)21-7)8(2)19-15(20)12-5-10(18)6-13(16)14(12)17/h4-6,8H,18H2,1-3H3,(H,19,20). The highest BCUT2D eigenvalue weighted by molar-refractivity contribution is 7.12. The number of carbonyl (C=O) groups excluding carboxylic acids is 1. The van der Waals surface area contributed by atoms with Crippen LogP contribution in [0.3, 0.4) is 0 Å². The third-order valence-corrected chi connectivity index (χ3v) is 4.97. The number of nitrogens with two attached hydrogens (primary N) is 1. The summed E-state index contributed by atoms with van der Waals surface area (Å²) < 4.78 is 0. The molecule has 0 aliphatic rings. The Hall–Kier alpha value is -1.23. The highest BCUT2D eigenvalue weighted by atomic mass is 35.5. The molecule has 3 nitrogen and oxygen atoms in total. The molecule has 3 N–H and O–H groups in total. The minimum absolute atomic E-state index is 0.112. The van der Waals surface area contributed by atoms with Crippen molar-refractivity contribution in [3.05, 3.63) is 49.1 Å². The molecule has 0 bridgehead atoms. The van der Waals surface area contributed by atoms with Crippen molar-refractivity contribution in [1.82, 2.24) is 5.32 Å². The molecule has 0 saturated carbocycles. The van der Waals surface area contributed by atoms with Crippen molar-refractivity contribution < 1.29 is 4.79 Å². The molecule has 2 aromatic rings. The number of benzene rings is 1. The zero-order valence-corrected chi connectivity index (χ0v) is 14.3. The van der Waals surface area contributed by atoms with E-state index in [1.807, 2.05) is 20.8 Å². The van der Waals surface area contributed by atoms with Gasteiger partial charge in [0.1, 0.15) is 0 Å². The summed E-state index contributed by atoms with van der Waals surface area (Å²) in [5.74, 6) is -0.287. The largest absolute Gasteiger partial charge is 0.399 e. The molecule has 21 heavy (non-hydrogen) atoms. The first-order valence-electron chi connectivity index (χ1n) is 6.42. The molecule has 1 amide bonds. The molecule has 0 aliphatic heterocycles. The quantitative estimate of drug-likeness (QED) is 0.791. The molecular formula is C15H16Cl2N2OS. The number of aryl methyl sites for hydroxylation is 2. The lowest BCUT2D eigenvalue weighted by Gasteiger charge is -2.15. The van der Waals surface area contributed by atoms with Crippen LogP contribution in [-0.2, 0) is 0 Å². The molecule has 1 atom stereocenters. The summed E-state index contributed by atoms with van der Waals surface area (Å²) in [4.78, 5) is 14.8. The van der Waals surface area contributed by atoms with Gasteiger partial charge in [0.05, 0.1) is 21.7 Å². The number of hydrogen-bond acceptors (Lipinski definition) is 3. The molecule has 1 heterocycles. The maximum absolute atomic E-state index is 12.4. The van der Waals surface area contributed by atoms with Crippen LogP contribution in [0.2, 0.25) is 10.0 Å². The smallest absolute Gasteiger partial charge is 0.253 e. The van der Waals surface area contributed by atoms with E-state index in [0.717, 1.165) is 5.56 Å². The Morgan fingerprint density at radius 1 is 1.29 bits per heavy atom. The number of thiophene rings is 1. The molecule has 0 radical (unpaired) electrons. The van der Waals surface area contributed by atoms with E-state index in [-0.39, 0.29) is 27.6 Å². The van der Waals surface area contributed by atoms with Crippen LogP contribution in [0.5, 0.6) is 0 Å². The monoisotopic (exact) mass is 342 g/mol. The van der Waals surface area contributed by atoms with E-state index in [0.29, 0.717) is 5.69 Å². The fourth-order valence-corrected chi connectivity index (χ4v) is 3.65. The maximum Gasteiger partial charge on any atom is 0.253 e. The Kier molecular flexibility index (Phi) is 4.81. The van der Waals surface area contributed by atoms with Gasteiger partial charge in [0.15, 0.2) is 0 Å². The lowest BCUT2D eigenvalue weighted by molar-refractivity contribution is 0.0940. The second-order valence-electron chi connectivity index (χ2n) is 4.93. The minimum atomic E-state index is -0.287. The predicted molar refractivity (Wildman–Crippen MR) is 90.5 cm³/mol. The van der Waals surface area contributed by atoms with E-state index in [4.69, 9.17) is 28.9 Å². The summed E-state index contributed by atoms with van der Waals surface area (Å²) in [6, 6.07) is 5.02. The first kappa shape index (κ1) is 16.1. The number of nitrogen functional groups attached to an aromatic ring is 1. The number of carbonyl (C=O) groups is 1. The van der Waals surface area contributed by atoms with Gasteiger partial charge in [-0.05, 0) is 44.5 Å². The third kappa shape index (κ3) is 3.51. The van der Waals surface area contributed by atoms with Gasteiger partial charge in [0.2, 0.25) is 0 Å². The van der Waals surface area contributed by atoms with E-state index in [1.165, 1.54) is 21.9 Å². The van der Waals surface area contributed by atoms with Crippen LogP contribution in [-0.4, -0.2) is 5.91 Å². The van der Waals surface area contributed by atoms with Gasteiger partial charge in [-0.25, -0.2) is 0 Å². The molecule has 6 heteroatoms. The Bertz CT molecular complexity index is 697. The normalized spacial score (nSPS) is 12.2. The number of halogens is 2. The third-order valence-electron chi connectivity index (χ3n) is 3.19. The van der Waals surface area contributed by atoms with Gasteiger partial charge in [-0.2, -0.15) is 0 Å². The van der Waals surface area contributed by atoms with Gasteiger partial charge >= 0.3 is 0 Å². The van der Waals surface area contributed by atoms with Gasteiger partial charge in [-0.3, -0.25) is 4.79 Å². The van der Waals surface area contributed by atoms with Gasteiger partial charge in [-0.1, -0.05) is 23.2 Å². The zero-order valence-electron chi connectivity index (χ0n) is 12.0. The molecule has 0 spiro atoms. The molecule has 1 unspecified atom stereocenters. The summed E-state index contributed by atoms with van der Waals surface area (Å²) in [6.45, 7) is 6.03. The van der Waals surface area contributed by atoms with Crippen molar-refractivity contribution in [1.29, 1.82) is 0 Å². The summed E-state index contributed by atoms with van der Waals surface area (Å²) in [5, 5.41) is 3.42. The Morgan fingerprint density at radius 3 is 2.52 bits per heavy atom. The van der Waals surface area contributed by atoms with Crippen LogP contribution in [0.15, 0.2) is 18.2 Å². The highest BCUT2D eigenvalue weighted by Gasteiger charge is 2.18. The number of rotatable bonds is 3. The topological polar surface area (TPSA) is 55.1 Å². The van der Waals surface area contributed by atoms with Crippen molar-refractivity contribution in [3.8, 4) is 0 Å². The average molecular weight is 343 g/mol. The molecule has 1 aromatic heterocycles. The minimum Gasteiger partial charge on any atom is -0.399 e. The van der Waals surface area contributed by atoms with E-state index in [1.54, 1.807) is 11.3 Å². The predicted octanol–water partition coefficient (Wildman–Crippen LogP) is 4.74. The molecule has 0 saturated heterocycles. The first-order valence-corrected chi connectivity index (χ1v) is 7.99. The van der Waals surface area contributed by atoms with Crippen molar-refractivity contribution in [2.24, 2.45) is 0 Å². The summed E-state index contributed by atoms with van der Waals surface area (Å²) in [6.07, 6.45) is 0. The molecular weight excluding hydrogens is 327 g/mol. The van der Waals surface area contributed by atoms with Crippen LogP contribution in [0.4, 0.5) is 5.69 Å². The SMILES string of the molecule is Cc1cc(C(C)NC(=O)c2cc(N)cc(Cl)c2Cl)c(C)s1. The van der Waals surface area contributed by atoms with Crippen LogP contribution in [0.25, 0.3) is 0 Å². The van der Waals surface area contributed by atoms with Gasteiger partial charge in [0, 0.05) is 15.4 Å². The van der Waals surface area contributed by atoms with E-state index >= 15 is 0 Å². The van der Waals surface area contributed by atoms with Crippen LogP contribution in [0.1, 0.15) is 38.6 Å². The Morgan fingerprint density at radius 2 is 1.95 bits per heavy atom. The molecule has 1 aromatic carbocycles. The van der Waals surface area contributed by atoms with Crippen LogP contribution >= 0.6 is 34.5 Å². The number of anilines is 1. The van der Waals surface area contributed by atoms with Crippen molar-refractivity contribution in [2.45, 2.75) is 26.8 Å². The lowest BCUT2D eigenvalue weighted by atomic mass is 10.1. The molecule has 112 valence electrons. The fourth-order valence-electron chi connectivity index (χ4n) is 2.21. The number of amides is 1. The molecule has 0 fully saturated rings. The Balaban J connectivity index is 2.24. The van der Waals surface area contributed by atoms with E-state index < -0.39 is 0 Å². The van der Waals surface area contributed by atoms with Gasteiger partial charge in [0.25, 0.3) is 5.91 Å².